The number of aliphatic hydroxyl groups is 2. The molecule has 2 rings (SSSR count). The molecule has 2 aromatic rings. The van der Waals surface area contributed by atoms with E-state index in [2.05, 4.69) is 4.98 Å². The van der Waals surface area contributed by atoms with Gasteiger partial charge in [-0.25, -0.2) is 14.2 Å². The first-order valence-electron chi connectivity index (χ1n) is 7.85. The lowest BCUT2D eigenvalue weighted by molar-refractivity contribution is 0.101. The van der Waals surface area contributed by atoms with Crippen LogP contribution in [0.25, 0.3) is 11.0 Å². The molecule has 2 atom stereocenters. The average molecular weight is 355 g/mol. The molecule has 4 N–H and O–H groups in total. The molecular weight excluding hydrogens is 333 g/mol. The Hall–Kier alpha value is -2.46. The normalized spacial score (nSPS) is 13.8. The van der Waals surface area contributed by atoms with Gasteiger partial charge in [-0.15, -0.1) is 0 Å². The smallest absolute Gasteiger partial charge is 0.351 e. The fourth-order valence-corrected chi connectivity index (χ4v) is 2.54. The molecule has 0 bridgehead atoms. The van der Waals surface area contributed by atoms with Gasteiger partial charge in [0.25, 0.3) is 5.56 Å². The second-order valence-electron chi connectivity index (χ2n) is 5.97. The van der Waals surface area contributed by atoms with E-state index in [1.165, 1.54) is 16.5 Å². The molecule has 0 fully saturated rings. The highest BCUT2D eigenvalue weighted by atomic mass is 19.1. The van der Waals surface area contributed by atoms with Crippen molar-refractivity contribution in [2.45, 2.75) is 32.4 Å². The zero-order chi connectivity index (χ0) is 18.9. The second-order valence-corrected chi connectivity index (χ2v) is 5.97. The van der Waals surface area contributed by atoms with E-state index in [1.807, 2.05) is 6.92 Å². The van der Waals surface area contributed by atoms with Gasteiger partial charge in [0.2, 0.25) is 0 Å². The Morgan fingerprint density at radius 3 is 2.64 bits per heavy atom. The van der Waals surface area contributed by atoms with Crippen LogP contribution in [0.1, 0.15) is 26.3 Å². The van der Waals surface area contributed by atoms with Gasteiger partial charge in [0, 0.05) is 19.6 Å². The van der Waals surface area contributed by atoms with Crippen LogP contribution in [-0.4, -0.2) is 50.7 Å². The molecule has 10 heteroatoms. The third-order valence-corrected chi connectivity index (χ3v) is 4.12. The standard InChI is InChI=1S/C15H22FN5O4/c1-4-8(2)20-12-10(14(24)21(17)15(20)25)5-11(16)13(18-12)19(3)6-9(23)7-22/h5,8-9,22-23H,4,6-7,17H2,1-3H3/t8?,9-/m1/s1. The molecule has 0 aliphatic carbocycles. The van der Waals surface area contributed by atoms with Gasteiger partial charge in [-0.3, -0.25) is 9.36 Å². The van der Waals surface area contributed by atoms with Crippen LogP contribution >= 0.6 is 0 Å². The van der Waals surface area contributed by atoms with Gasteiger partial charge in [0.05, 0.1) is 18.1 Å². The predicted octanol–water partition coefficient (Wildman–Crippen LogP) is -0.828. The quantitative estimate of drug-likeness (QED) is 0.577. The highest BCUT2D eigenvalue weighted by Crippen LogP contribution is 2.21. The molecule has 2 aromatic heterocycles. The van der Waals surface area contributed by atoms with E-state index in [-0.39, 0.29) is 29.4 Å². The van der Waals surface area contributed by atoms with E-state index < -0.39 is 29.8 Å². The summed E-state index contributed by atoms with van der Waals surface area (Å²) < 4.78 is 16.1. The zero-order valence-electron chi connectivity index (χ0n) is 14.3. The van der Waals surface area contributed by atoms with Gasteiger partial charge >= 0.3 is 5.69 Å². The highest BCUT2D eigenvalue weighted by molar-refractivity contribution is 5.76. The number of halogens is 1. The molecule has 0 saturated heterocycles. The third-order valence-electron chi connectivity index (χ3n) is 4.12. The van der Waals surface area contributed by atoms with Crippen molar-refractivity contribution < 1.29 is 14.6 Å². The van der Waals surface area contributed by atoms with Crippen LogP contribution in [0.5, 0.6) is 0 Å². The molecule has 1 unspecified atom stereocenters. The lowest BCUT2D eigenvalue weighted by Crippen LogP contribution is -2.45. The van der Waals surface area contributed by atoms with Crippen molar-refractivity contribution in [3.05, 3.63) is 32.7 Å². The maximum atomic E-state index is 14.4. The second kappa shape index (κ2) is 7.19. The average Bonchev–Trinajstić information content (AvgIpc) is 2.59. The number of fused-ring (bicyclic) bond motifs is 1. The Morgan fingerprint density at radius 1 is 1.44 bits per heavy atom. The Kier molecular flexibility index (Phi) is 5.43. The van der Waals surface area contributed by atoms with E-state index in [1.54, 1.807) is 6.92 Å². The maximum absolute atomic E-state index is 14.4. The summed E-state index contributed by atoms with van der Waals surface area (Å²) >= 11 is 0. The fraction of sp³-hybridized carbons (Fsp3) is 0.533. The molecule has 0 radical (unpaired) electrons. The van der Waals surface area contributed by atoms with Gasteiger partial charge in [-0.2, -0.15) is 4.68 Å². The first-order chi connectivity index (χ1) is 11.7. The Bertz CT molecular complexity index is 894. The molecule has 0 aliphatic heterocycles. The first-order valence-corrected chi connectivity index (χ1v) is 7.85. The van der Waals surface area contributed by atoms with Gasteiger partial charge < -0.3 is 21.0 Å². The van der Waals surface area contributed by atoms with Gasteiger partial charge in [0.1, 0.15) is 0 Å². The SMILES string of the molecule is CCC(C)n1c(=O)n(N)c(=O)c2cc(F)c(N(C)C[C@@H](O)CO)nc21. The van der Waals surface area contributed by atoms with Gasteiger partial charge in [-0.1, -0.05) is 6.92 Å². The number of rotatable bonds is 6. The number of pyridine rings is 1. The molecular formula is C15H22FN5O4. The maximum Gasteiger partial charge on any atom is 0.351 e. The van der Waals surface area contributed by atoms with E-state index in [0.29, 0.717) is 11.1 Å². The molecule has 0 saturated carbocycles. The molecule has 0 amide bonds. The largest absolute Gasteiger partial charge is 0.394 e. The summed E-state index contributed by atoms with van der Waals surface area (Å²) in [6, 6.07) is 0.660. The molecule has 0 spiro atoms. The Balaban J connectivity index is 2.78. The predicted molar refractivity (Wildman–Crippen MR) is 91.7 cm³/mol. The third kappa shape index (κ3) is 3.35. The lowest BCUT2D eigenvalue weighted by Gasteiger charge is -2.23. The number of nitrogens with zero attached hydrogens (tertiary/aromatic N) is 4. The number of hydrogen-bond acceptors (Lipinski definition) is 7. The summed E-state index contributed by atoms with van der Waals surface area (Å²) in [5.74, 6) is 4.58. The van der Waals surface area contributed by atoms with Crippen LogP contribution in [-0.2, 0) is 0 Å². The van der Waals surface area contributed by atoms with E-state index in [9.17, 15) is 19.1 Å². The summed E-state index contributed by atoms with van der Waals surface area (Å²) in [7, 11) is 1.48. The molecule has 25 heavy (non-hydrogen) atoms. The number of aliphatic hydroxyl groups excluding tert-OH is 2. The van der Waals surface area contributed by atoms with Crippen LogP contribution in [0.3, 0.4) is 0 Å². The summed E-state index contributed by atoms with van der Waals surface area (Å²) in [5, 5.41) is 18.4. The van der Waals surface area contributed by atoms with E-state index >= 15 is 0 Å². The van der Waals surface area contributed by atoms with Crippen molar-refractivity contribution in [1.29, 1.82) is 0 Å². The Labute approximate surface area is 142 Å². The highest BCUT2D eigenvalue weighted by Gasteiger charge is 2.21. The minimum Gasteiger partial charge on any atom is -0.394 e. The van der Waals surface area contributed by atoms with E-state index in [4.69, 9.17) is 10.9 Å². The molecule has 0 aliphatic rings. The number of nitrogens with two attached hydrogens (primary N) is 1. The number of hydrogen-bond donors (Lipinski definition) is 3. The number of nitrogen functional groups attached to an aromatic ring is 1. The van der Waals surface area contributed by atoms with Gasteiger partial charge in [-0.05, 0) is 19.4 Å². The first kappa shape index (κ1) is 18.9. The number of aromatic nitrogens is 3. The van der Waals surface area contributed by atoms with Crippen LogP contribution < -0.4 is 22.0 Å². The summed E-state index contributed by atoms with van der Waals surface area (Å²) in [5.41, 5.74) is -1.56. The van der Waals surface area contributed by atoms with Crippen molar-refractivity contribution in [1.82, 2.24) is 14.2 Å². The van der Waals surface area contributed by atoms with Crippen molar-refractivity contribution in [2.24, 2.45) is 0 Å². The molecule has 2 heterocycles. The lowest BCUT2D eigenvalue weighted by atomic mass is 10.2. The van der Waals surface area contributed by atoms with Crippen molar-refractivity contribution >= 4 is 16.9 Å². The van der Waals surface area contributed by atoms with Crippen LogP contribution in [0, 0.1) is 5.82 Å². The summed E-state index contributed by atoms with van der Waals surface area (Å²) in [6.45, 7) is 3.04. The van der Waals surface area contributed by atoms with Crippen molar-refractivity contribution in [3.8, 4) is 0 Å². The number of anilines is 1. The number of likely N-dealkylation sites (N-methyl/N-ethyl adjacent to an activating group) is 1. The van der Waals surface area contributed by atoms with Crippen molar-refractivity contribution in [3.63, 3.8) is 0 Å². The van der Waals surface area contributed by atoms with Gasteiger partial charge in [0.15, 0.2) is 17.3 Å². The Morgan fingerprint density at radius 2 is 2.08 bits per heavy atom. The van der Waals surface area contributed by atoms with Crippen LogP contribution in [0.15, 0.2) is 15.7 Å². The monoisotopic (exact) mass is 355 g/mol. The minimum atomic E-state index is -1.09. The zero-order valence-corrected chi connectivity index (χ0v) is 14.3. The summed E-state index contributed by atoms with van der Waals surface area (Å²) in [6.07, 6.45) is -0.517. The summed E-state index contributed by atoms with van der Waals surface area (Å²) in [4.78, 5) is 30.0. The minimum absolute atomic E-state index is 0.0211. The molecule has 0 aromatic carbocycles. The van der Waals surface area contributed by atoms with Crippen LogP contribution in [0.2, 0.25) is 0 Å². The van der Waals surface area contributed by atoms with Crippen molar-refractivity contribution in [2.75, 3.05) is 30.9 Å². The molecule has 9 nitrogen and oxygen atoms in total. The topological polar surface area (TPSA) is 127 Å². The molecule has 138 valence electrons. The van der Waals surface area contributed by atoms with Crippen LogP contribution in [0.4, 0.5) is 10.2 Å². The fourth-order valence-electron chi connectivity index (χ4n) is 2.54. The van der Waals surface area contributed by atoms with E-state index in [0.717, 1.165) is 6.07 Å².